The van der Waals surface area contributed by atoms with Crippen molar-refractivity contribution in [3.63, 3.8) is 0 Å². The van der Waals surface area contributed by atoms with Crippen LogP contribution in [-0.4, -0.2) is 31.3 Å². The Morgan fingerprint density at radius 2 is 1.69 bits per heavy atom. The fourth-order valence-electron chi connectivity index (χ4n) is 3.63. The third kappa shape index (κ3) is 4.92. The first-order valence-corrected chi connectivity index (χ1v) is 12.7. The summed E-state index contributed by atoms with van der Waals surface area (Å²) >= 11 is 3.61. The van der Waals surface area contributed by atoms with Crippen molar-refractivity contribution in [1.29, 1.82) is 0 Å². The first-order chi connectivity index (χ1) is 15.2. The van der Waals surface area contributed by atoms with Crippen LogP contribution in [0.3, 0.4) is 0 Å². The Morgan fingerprint density at radius 1 is 1.03 bits per heavy atom. The minimum atomic E-state index is -3.35. The highest BCUT2D eigenvalue weighted by molar-refractivity contribution is 9.10. The van der Waals surface area contributed by atoms with E-state index in [1.54, 1.807) is 17.1 Å². The van der Waals surface area contributed by atoms with Gasteiger partial charge in [0.25, 0.3) is 5.91 Å². The summed E-state index contributed by atoms with van der Waals surface area (Å²) in [5, 5.41) is 6.25. The van der Waals surface area contributed by atoms with Crippen LogP contribution < -0.4 is 4.72 Å². The van der Waals surface area contributed by atoms with Gasteiger partial charge in [0.2, 0.25) is 10.0 Å². The van der Waals surface area contributed by atoms with Crippen molar-refractivity contribution in [2.75, 3.05) is 11.0 Å². The summed E-state index contributed by atoms with van der Waals surface area (Å²) < 4.78 is 26.3. The number of rotatable bonds is 5. The van der Waals surface area contributed by atoms with Crippen LogP contribution in [0.5, 0.6) is 0 Å². The van der Waals surface area contributed by atoms with Gasteiger partial charge in [-0.3, -0.25) is 9.52 Å². The Bertz CT molecular complexity index is 1290. The van der Waals surface area contributed by atoms with Crippen molar-refractivity contribution >= 4 is 43.3 Å². The van der Waals surface area contributed by atoms with Gasteiger partial charge in [0, 0.05) is 22.1 Å². The molecule has 0 aliphatic carbocycles. The highest BCUT2D eigenvalue weighted by Gasteiger charge is 2.34. The molecular formula is C24H22BrN3O3S. The fraction of sp³-hybridized carbons (Fsp3) is 0.167. The summed E-state index contributed by atoms with van der Waals surface area (Å²) in [6, 6.07) is 22.0. The van der Waals surface area contributed by atoms with Crippen LogP contribution in [0.25, 0.3) is 0 Å². The molecule has 0 spiro atoms. The van der Waals surface area contributed by atoms with E-state index in [0.717, 1.165) is 33.1 Å². The Morgan fingerprint density at radius 3 is 2.31 bits per heavy atom. The third-order valence-electron chi connectivity index (χ3n) is 5.20. The van der Waals surface area contributed by atoms with Crippen LogP contribution in [0.1, 0.15) is 39.5 Å². The predicted octanol–water partition coefficient (Wildman–Crippen LogP) is 5.12. The minimum absolute atomic E-state index is 0.170. The maximum absolute atomic E-state index is 13.4. The lowest BCUT2D eigenvalue weighted by molar-refractivity contribution is 0.0710. The number of carbonyl (C=O) groups is 1. The Kier molecular flexibility index (Phi) is 6.17. The van der Waals surface area contributed by atoms with Crippen molar-refractivity contribution in [1.82, 2.24) is 5.01 Å². The number of carbonyl (C=O) groups excluding carboxylic acids is 1. The fourth-order valence-corrected chi connectivity index (χ4v) is 4.75. The molecule has 0 radical (unpaired) electrons. The van der Waals surface area contributed by atoms with Crippen LogP contribution in [0.4, 0.5) is 5.69 Å². The van der Waals surface area contributed by atoms with E-state index in [0.29, 0.717) is 17.7 Å². The lowest BCUT2D eigenvalue weighted by Crippen LogP contribution is -2.27. The molecule has 0 saturated carbocycles. The molecule has 32 heavy (non-hydrogen) atoms. The maximum Gasteiger partial charge on any atom is 0.274 e. The molecule has 0 aromatic heterocycles. The van der Waals surface area contributed by atoms with Crippen molar-refractivity contribution in [3.8, 4) is 0 Å². The summed E-state index contributed by atoms with van der Waals surface area (Å²) in [5.41, 5.74) is 4.70. The van der Waals surface area contributed by atoms with Gasteiger partial charge in [0.15, 0.2) is 0 Å². The van der Waals surface area contributed by atoms with Crippen molar-refractivity contribution < 1.29 is 13.2 Å². The molecule has 1 aliphatic heterocycles. The van der Waals surface area contributed by atoms with E-state index in [1.807, 2.05) is 67.6 Å². The molecule has 0 fully saturated rings. The molecule has 4 rings (SSSR count). The molecule has 1 atom stereocenters. The Hall–Kier alpha value is -2.97. The standard InChI is InChI=1S/C24H22BrN3O3S/c1-16-7-9-18(10-8-16)24(29)28-23(20-5-3-4-6-21(20)25)15-22(26-28)17-11-13-19(14-12-17)27-32(2,30)31/h3-14,23,27H,15H2,1-2H3. The van der Waals surface area contributed by atoms with Gasteiger partial charge in [-0.15, -0.1) is 0 Å². The first kappa shape index (κ1) is 22.2. The quantitative estimate of drug-likeness (QED) is 0.516. The normalized spacial score (nSPS) is 16.0. The molecule has 1 heterocycles. The number of benzene rings is 3. The summed E-state index contributed by atoms with van der Waals surface area (Å²) in [7, 11) is -3.35. The van der Waals surface area contributed by atoms with E-state index < -0.39 is 10.0 Å². The topological polar surface area (TPSA) is 78.8 Å². The third-order valence-corrected chi connectivity index (χ3v) is 6.53. The van der Waals surface area contributed by atoms with Crippen LogP contribution in [0, 0.1) is 6.92 Å². The summed E-state index contributed by atoms with van der Waals surface area (Å²) in [5.74, 6) is -0.170. The highest BCUT2D eigenvalue weighted by Crippen LogP contribution is 2.37. The van der Waals surface area contributed by atoms with Gasteiger partial charge in [-0.05, 0) is 48.4 Å². The lowest BCUT2D eigenvalue weighted by atomic mass is 9.98. The Labute approximate surface area is 196 Å². The van der Waals surface area contributed by atoms with Crippen molar-refractivity contribution in [2.45, 2.75) is 19.4 Å². The number of sulfonamides is 1. The van der Waals surface area contributed by atoms with Crippen LogP contribution in [0.2, 0.25) is 0 Å². The minimum Gasteiger partial charge on any atom is -0.284 e. The molecule has 0 saturated heterocycles. The number of hydrogen-bond donors (Lipinski definition) is 1. The highest BCUT2D eigenvalue weighted by atomic mass is 79.9. The Balaban J connectivity index is 1.69. The zero-order valence-electron chi connectivity index (χ0n) is 17.6. The second kappa shape index (κ2) is 8.88. The van der Waals surface area contributed by atoms with Crippen LogP contribution in [0.15, 0.2) is 82.4 Å². The number of nitrogens with one attached hydrogen (secondary N) is 1. The molecule has 3 aromatic rings. The molecule has 6 nitrogen and oxygen atoms in total. The van der Waals surface area contributed by atoms with Gasteiger partial charge < -0.3 is 0 Å². The zero-order valence-corrected chi connectivity index (χ0v) is 20.0. The molecular weight excluding hydrogens is 490 g/mol. The number of hydrogen-bond acceptors (Lipinski definition) is 4. The van der Waals surface area contributed by atoms with E-state index in [-0.39, 0.29) is 11.9 Å². The largest absolute Gasteiger partial charge is 0.284 e. The van der Waals surface area contributed by atoms with Gasteiger partial charge in [-0.25, -0.2) is 13.4 Å². The molecule has 8 heteroatoms. The number of halogens is 1. The van der Waals surface area contributed by atoms with E-state index in [1.165, 1.54) is 0 Å². The number of anilines is 1. The van der Waals surface area contributed by atoms with Gasteiger partial charge >= 0.3 is 0 Å². The number of hydrazone groups is 1. The van der Waals surface area contributed by atoms with Crippen LogP contribution in [-0.2, 0) is 10.0 Å². The van der Waals surface area contributed by atoms with Crippen LogP contribution >= 0.6 is 15.9 Å². The number of aryl methyl sites for hydroxylation is 1. The number of nitrogens with zero attached hydrogens (tertiary/aromatic N) is 2. The first-order valence-electron chi connectivity index (χ1n) is 10.0. The maximum atomic E-state index is 13.4. The molecule has 3 aromatic carbocycles. The van der Waals surface area contributed by atoms with Gasteiger partial charge in [0.05, 0.1) is 18.0 Å². The monoisotopic (exact) mass is 511 g/mol. The second-order valence-electron chi connectivity index (χ2n) is 7.76. The molecule has 164 valence electrons. The molecule has 1 unspecified atom stereocenters. The molecule has 1 N–H and O–H groups in total. The average Bonchev–Trinajstić information content (AvgIpc) is 3.18. The van der Waals surface area contributed by atoms with E-state index in [9.17, 15) is 13.2 Å². The van der Waals surface area contributed by atoms with E-state index in [2.05, 4.69) is 20.7 Å². The van der Waals surface area contributed by atoms with Crippen molar-refractivity contribution in [3.05, 3.63) is 99.5 Å². The zero-order chi connectivity index (χ0) is 22.9. The lowest BCUT2D eigenvalue weighted by Gasteiger charge is -2.23. The van der Waals surface area contributed by atoms with Gasteiger partial charge in [0.1, 0.15) is 0 Å². The molecule has 0 bridgehead atoms. The average molecular weight is 512 g/mol. The van der Waals surface area contributed by atoms with Crippen molar-refractivity contribution in [2.24, 2.45) is 5.10 Å². The number of amides is 1. The van der Waals surface area contributed by atoms with E-state index >= 15 is 0 Å². The van der Waals surface area contributed by atoms with Gasteiger partial charge in [-0.2, -0.15) is 5.10 Å². The molecule has 1 amide bonds. The summed E-state index contributed by atoms with van der Waals surface area (Å²) in [6.45, 7) is 1.98. The predicted molar refractivity (Wildman–Crippen MR) is 130 cm³/mol. The van der Waals surface area contributed by atoms with E-state index in [4.69, 9.17) is 5.10 Å². The van der Waals surface area contributed by atoms with Gasteiger partial charge in [-0.1, -0.05) is 64.0 Å². The SMILES string of the molecule is Cc1ccc(C(=O)N2N=C(c3ccc(NS(C)(=O)=O)cc3)CC2c2ccccc2Br)cc1. The smallest absolute Gasteiger partial charge is 0.274 e. The summed E-state index contributed by atoms with van der Waals surface area (Å²) in [4.78, 5) is 13.4. The molecule has 1 aliphatic rings. The second-order valence-corrected chi connectivity index (χ2v) is 10.4. The summed E-state index contributed by atoms with van der Waals surface area (Å²) in [6.07, 6.45) is 1.65.